The molecule has 0 spiro atoms. The lowest BCUT2D eigenvalue weighted by atomic mass is 9.93. The molecule has 7 heteroatoms. The van der Waals surface area contributed by atoms with Crippen molar-refractivity contribution < 1.29 is 4.79 Å². The Balaban J connectivity index is 2.10. The summed E-state index contributed by atoms with van der Waals surface area (Å²) in [4.78, 5) is 21.3. The molecule has 2 rings (SSSR count). The smallest absolute Gasteiger partial charge is 0.222 e. The molecule has 0 aliphatic carbocycles. The number of primary amides is 1. The fourth-order valence-electron chi connectivity index (χ4n) is 2.61. The number of aromatic nitrogens is 2. The maximum atomic E-state index is 10.9. The average molecular weight is 298 g/mol. The van der Waals surface area contributed by atoms with Crippen LogP contribution in [0.5, 0.6) is 0 Å². The molecule has 1 aliphatic rings. The number of aryl methyl sites for hydroxylation is 1. The number of carbonyl (C=O) groups excluding carboxylic acids is 1. The molecule has 1 saturated heterocycles. The number of rotatable bonds is 4. The highest BCUT2D eigenvalue weighted by atomic mass is 35.5. The van der Waals surface area contributed by atoms with Gasteiger partial charge < -0.3 is 16.4 Å². The molecule has 1 atom stereocenters. The monoisotopic (exact) mass is 297 g/mol. The van der Waals surface area contributed by atoms with E-state index in [9.17, 15) is 4.79 Å². The van der Waals surface area contributed by atoms with E-state index in [1.807, 2.05) is 6.92 Å². The van der Waals surface area contributed by atoms with E-state index in [0.29, 0.717) is 28.9 Å². The Bertz CT molecular complexity index is 508. The van der Waals surface area contributed by atoms with Crippen LogP contribution >= 0.6 is 11.6 Å². The molecule has 6 nitrogen and oxygen atoms in total. The van der Waals surface area contributed by atoms with Gasteiger partial charge in [0.2, 0.25) is 11.9 Å². The summed E-state index contributed by atoms with van der Waals surface area (Å²) in [5.41, 5.74) is 11.6. The maximum Gasteiger partial charge on any atom is 0.222 e. The summed E-state index contributed by atoms with van der Waals surface area (Å²) in [6, 6.07) is 0. The van der Waals surface area contributed by atoms with Crippen molar-refractivity contribution in [3.63, 3.8) is 0 Å². The summed E-state index contributed by atoms with van der Waals surface area (Å²) in [5.74, 6) is 1.12. The molecule has 0 radical (unpaired) electrons. The SMILES string of the molecule is Cc1nc(N)nc(N2CCCC(CCC(N)=O)C2)c1Cl. The largest absolute Gasteiger partial charge is 0.370 e. The van der Waals surface area contributed by atoms with Crippen molar-refractivity contribution >= 4 is 29.3 Å². The van der Waals surface area contributed by atoms with Crippen molar-refractivity contribution in [3.05, 3.63) is 10.7 Å². The molecule has 2 heterocycles. The van der Waals surface area contributed by atoms with E-state index in [1.54, 1.807) is 0 Å². The van der Waals surface area contributed by atoms with E-state index in [1.165, 1.54) is 0 Å². The summed E-state index contributed by atoms with van der Waals surface area (Å²) in [7, 11) is 0. The molecule has 110 valence electrons. The lowest BCUT2D eigenvalue weighted by molar-refractivity contribution is -0.118. The minimum absolute atomic E-state index is 0.237. The number of hydrogen-bond acceptors (Lipinski definition) is 5. The van der Waals surface area contributed by atoms with E-state index in [0.717, 1.165) is 32.4 Å². The molecule has 1 aromatic heterocycles. The molecule has 1 unspecified atom stereocenters. The van der Waals surface area contributed by atoms with Gasteiger partial charge in [0.15, 0.2) is 5.82 Å². The highest BCUT2D eigenvalue weighted by Crippen LogP contribution is 2.31. The number of nitrogens with two attached hydrogens (primary N) is 2. The second-order valence-corrected chi connectivity index (χ2v) is 5.64. The van der Waals surface area contributed by atoms with Crippen LogP contribution < -0.4 is 16.4 Å². The Hall–Kier alpha value is -1.56. The molecule has 0 aromatic carbocycles. The summed E-state index contributed by atoms with van der Waals surface area (Å²) in [5, 5.41) is 0.551. The standard InChI is InChI=1S/C13H20ClN5O/c1-8-11(14)12(18-13(16)17-8)19-6-2-3-9(7-19)4-5-10(15)20/h9H,2-7H2,1H3,(H2,15,20)(H2,16,17,18). The molecule has 0 bridgehead atoms. The van der Waals surface area contributed by atoms with Gasteiger partial charge in [-0.2, -0.15) is 4.98 Å². The van der Waals surface area contributed by atoms with E-state index >= 15 is 0 Å². The molecule has 4 N–H and O–H groups in total. The Morgan fingerprint density at radius 2 is 2.25 bits per heavy atom. The van der Waals surface area contributed by atoms with Crippen LogP contribution in [0.15, 0.2) is 0 Å². The van der Waals surface area contributed by atoms with Crippen LogP contribution in [0.4, 0.5) is 11.8 Å². The molecular formula is C13H20ClN5O. The Morgan fingerprint density at radius 3 is 2.95 bits per heavy atom. The highest BCUT2D eigenvalue weighted by Gasteiger charge is 2.24. The summed E-state index contributed by atoms with van der Waals surface area (Å²) >= 11 is 6.28. The number of nitrogens with zero attached hydrogens (tertiary/aromatic N) is 3. The van der Waals surface area contributed by atoms with E-state index in [2.05, 4.69) is 14.9 Å². The fraction of sp³-hybridized carbons (Fsp3) is 0.615. The maximum absolute atomic E-state index is 10.9. The van der Waals surface area contributed by atoms with Crippen molar-refractivity contribution in [2.75, 3.05) is 23.7 Å². The summed E-state index contributed by atoms with van der Waals surface area (Å²) in [6.07, 6.45) is 3.38. The van der Waals surface area contributed by atoms with Gasteiger partial charge in [-0.05, 0) is 32.1 Å². The number of anilines is 2. The van der Waals surface area contributed by atoms with Gasteiger partial charge in [-0.15, -0.1) is 0 Å². The number of carbonyl (C=O) groups is 1. The van der Waals surface area contributed by atoms with Gasteiger partial charge in [-0.25, -0.2) is 4.98 Å². The Morgan fingerprint density at radius 1 is 1.50 bits per heavy atom. The van der Waals surface area contributed by atoms with Crippen LogP contribution in [0.25, 0.3) is 0 Å². The van der Waals surface area contributed by atoms with E-state index in [4.69, 9.17) is 23.1 Å². The third-order valence-corrected chi connectivity index (χ3v) is 4.08. The molecule has 1 fully saturated rings. The molecule has 0 saturated carbocycles. The molecule has 1 aliphatic heterocycles. The van der Waals surface area contributed by atoms with Crippen LogP contribution in [-0.4, -0.2) is 29.0 Å². The molecule has 1 amide bonds. The highest BCUT2D eigenvalue weighted by molar-refractivity contribution is 6.33. The van der Waals surface area contributed by atoms with Crippen LogP contribution in [0.3, 0.4) is 0 Å². The second kappa shape index (κ2) is 6.26. The average Bonchev–Trinajstić information content (AvgIpc) is 2.41. The quantitative estimate of drug-likeness (QED) is 0.877. The lowest BCUT2D eigenvalue weighted by Crippen LogP contribution is -2.36. The van der Waals surface area contributed by atoms with Crippen LogP contribution in [0, 0.1) is 12.8 Å². The number of piperidine rings is 1. The fourth-order valence-corrected chi connectivity index (χ4v) is 2.82. The van der Waals surface area contributed by atoms with Gasteiger partial charge in [0, 0.05) is 19.5 Å². The van der Waals surface area contributed by atoms with Gasteiger partial charge in [0.1, 0.15) is 5.02 Å². The molecule has 20 heavy (non-hydrogen) atoms. The predicted octanol–water partition coefficient (Wildman–Crippen LogP) is 1.50. The normalized spacial score (nSPS) is 19.1. The third-order valence-electron chi connectivity index (χ3n) is 3.63. The zero-order valence-electron chi connectivity index (χ0n) is 11.6. The van der Waals surface area contributed by atoms with Crippen molar-refractivity contribution in [1.29, 1.82) is 0 Å². The topological polar surface area (TPSA) is 98.1 Å². The first-order valence-corrected chi connectivity index (χ1v) is 7.18. The number of halogens is 1. The zero-order chi connectivity index (χ0) is 14.7. The van der Waals surface area contributed by atoms with Crippen LogP contribution in [-0.2, 0) is 4.79 Å². The summed E-state index contributed by atoms with van der Waals surface area (Å²) in [6.45, 7) is 3.53. The van der Waals surface area contributed by atoms with Crippen molar-refractivity contribution in [1.82, 2.24) is 9.97 Å². The molecular weight excluding hydrogens is 278 g/mol. The molecule has 1 aromatic rings. The van der Waals surface area contributed by atoms with Crippen molar-refractivity contribution in [2.45, 2.75) is 32.6 Å². The van der Waals surface area contributed by atoms with Crippen molar-refractivity contribution in [3.8, 4) is 0 Å². The van der Waals surface area contributed by atoms with Gasteiger partial charge in [-0.1, -0.05) is 11.6 Å². The first kappa shape index (κ1) is 14.8. The first-order valence-electron chi connectivity index (χ1n) is 6.80. The summed E-state index contributed by atoms with van der Waals surface area (Å²) < 4.78 is 0. The number of nitrogen functional groups attached to an aromatic ring is 1. The zero-order valence-corrected chi connectivity index (χ0v) is 12.4. The van der Waals surface area contributed by atoms with E-state index < -0.39 is 0 Å². The lowest BCUT2D eigenvalue weighted by Gasteiger charge is -2.34. The minimum atomic E-state index is -0.248. The number of amides is 1. The van der Waals surface area contributed by atoms with Gasteiger partial charge in [-0.3, -0.25) is 4.79 Å². The minimum Gasteiger partial charge on any atom is -0.370 e. The second-order valence-electron chi connectivity index (χ2n) is 5.26. The number of hydrogen-bond donors (Lipinski definition) is 2. The third kappa shape index (κ3) is 3.50. The van der Waals surface area contributed by atoms with Gasteiger partial charge in [0.05, 0.1) is 5.69 Å². The Labute approximate surface area is 123 Å². The Kier molecular flexibility index (Phi) is 4.65. The predicted molar refractivity (Wildman–Crippen MR) is 79.6 cm³/mol. The van der Waals surface area contributed by atoms with Gasteiger partial charge in [0.25, 0.3) is 0 Å². The first-order chi connectivity index (χ1) is 9.47. The van der Waals surface area contributed by atoms with Gasteiger partial charge >= 0.3 is 0 Å². The van der Waals surface area contributed by atoms with Crippen LogP contribution in [0.2, 0.25) is 5.02 Å². The van der Waals surface area contributed by atoms with Crippen molar-refractivity contribution in [2.24, 2.45) is 11.7 Å². The van der Waals surface area contributed by atoms with E-state index in [-0.39, 0.29) is 11.9 Å². The van der Waals surface area contributed by atoms with Crippen LogP contribution in [0.1, 0.15) is 31.4 Å².